The van der Waals surface area contributed by atoms with Gasteiger partial charge in [-0.05, 0) is 45.6 Å². The third-order valence-electron chi connectivity index (χ3n) is 5.54. The van der Waals surface area contributed by atoms with Crippen molar-refractivity contribution < 1.29 is 4.79 Å². The lowest BCUT2D eigenvalue weighted by Gasteiger charge is -2.15. The molecule has 1 atom stereocenters. The lowest BCUT2D eigenvalue weighted by Crippen LogP contribution is -2.29. The van der Waals surface area contributed by atoms with E-state index in [0.29, 0.717) is 11.9 Å². The van der Waals surface area contributed by atoms with Crippen molar-refractivity contribution in [1.82, 2.24) is 19.9 Å². The smallest absolute Gasteiger partial charge is 0.254 e. The summed E-state index contributed by atoms with van der Waals surface area (Å²) in [7, 11) is 0. The van der Waals surface area contributed by atoms with Crippen molar-refractivity contribution in [2.45, 2.75) is 86.6 Å². The summed E-state index contributed by atoms with van der Waals surface area (Å²) in [4.78, 5) is 14.6. The van der Waals surface area contributed by atoms with Crippen molar-refractivity contribution in [2.75, 3.05) is 12.4 Å². The molecule has 6 heteroatoms. The molecule has 0 bridgehead atoms. The van der Waals surface area contributed by atoms with Crippen LogP contribution >= 0.6 is 11.6 Å². The van der Waals surface area contributed by atoms with E-state index in [1.54, 1.807) is 0 Å². The van der Waals surface area contributed by atoms with E-state index < -0.39 is 0 Å². The molecule has 1 amide bonds. The van der Waals surface area contributed by atoms with Crippen molar-refractivity contribution in [2.24, 2.45) is 0 Å². The third kappa shape index (κ3) is 7.56. The second-order valence-electron chi connectivity index (χ2n) is 7.80. The van der Waals surface area contributed by atoms with Gasteiger partial charge in [-0.2, -0.15) is 0 Å². The zero-order valence-electron chi connectivity index (χ0n) is 22.3. The summed E-state index contributed by atoms with van der Waals surface area (Å²) in [5.74, 6) is 0.869. The molecule has 1 aromatic rings. The maximum absolute atomic E-state index is 12.6. The molecule has 2 aliphatic carbocycles. The van der Waals surface area contributed by atoms with E-state index in [9.17, 15) is 4.79 Å². The van der Waals surface area contributed by atoms with Crippen LogP contribution in [-0.4, -0.2) is 44.3 Å². The zero-order valence-corrected chi connectivity index (χ0v) is 23.1. The minimum absolute atomic E-state index is 0.0518. The van der Waals surface area contributed by atoms with Gasteiger partial charge in [0.1, 0.15) is 0 Å². The first kappa shape index (κ1) is 29.6. The molecule has 2 heterocycles. The Morgan fingerprint density at radius 1 is 1.18 bits per heavy atom. The molecule has 1 aliphatic heterocycles. The van der Waals surface area contributed by atoms with Gasteiger partial charge in [-0.25, -0.2) is 4.68 Å². The number of amides is 1. The van der Waals surface area contributed by atoms with Gasteiger partial charge in [0.05, 0.1) is 11.4 Å². The van der Waals surface area contributed by atoms with Crippen molar-refractivity contribution in [3.63, 3.8) is 0 Å². The lowest BCUT2D eigenvalue weighted by atomic mass is 10.0. The molecule has 0 saturated heterocycles. The first-order valence-corrected chi connectivity index (χ1v) is 13.2. The van der Waals surface area contributed by atoms with Gasteiger partial charge in [-0.1, -0.05) is 82.4 Å². The Morgan fingerprint density at radius 2 is 1.82 bits per heavy atom. The molecular formula is C28H43ClN4O. The highest BCUT2D eigenvalue weighted by atomic mass is 35.5. The highest BCUT2D eigenvalue weighted by Crippen LogP contribution is 2.36. The minimum Gasteiger partial charge on any atom is -0.331 e. The van der Waals surface area contributed by atoms with Crippen molar-refractivity contribution >= 4 is 23.2 Å². The van der Waals surface area contributed by atoms with E-state index in [0.717, 1.165) is 54.0 Å². The van der Waals surface area contributed by atoms with Crippen LogP contribution in [-0.2, 0) is 4.79 Å². The molecule has 188 valence electrons. The van der Waals surface area contributed by atoms with Crippen LogP contribution in [0, 0.1) is 6.92 Å². The molecule has 0 N–H and O–H groups in total. The van der Waals surface area contributed by atoms with Crippen molar-refractivity contribution in [1.29, 1.82) is 0 Å². The lowest BCUT2D eigenvalue weighted by molar-refractivity contribution is -0.125. The van der Waals surface area contributed by atoms with E-state index in [1.807, 2.05) is 62.4 Å². The largest absolute Gasteiger partial charge is 0.331 e. The summed E-state index contributed by atoms with van der Waals surface area (Å²) >= 11 is 5.21. The molecule has 1 fully saturated rings. The fourth-order valence-electron chi connectivity index (χ4n) is 3.76. The molecule has 0 radical (unpaired) electrons. The number of carbonyl (C=O) groups excluding carboxylic acids is 1. The number of hydrogen-bond donors (Lipinski definition) is 0. The Labute approximate surface area is 211 Å². The summed E-state index contributed by atoms with van der Waals surface area (Å²) in [5, 5.41) is 8.72. The molecule has 5 nitrogen and oxygen atoms in total. The zero-order chi connectivity index (χ0) is 25.7. The quantitative estimate of drug-likeness (QED) is 0.326. The monoisotopic (exact) mass is 486 g/mol. The topological polar surface area (TPSA) is 51.0 Å². The average molecular weight is 487 g/mol. The van der Waals surface area contributed by atoms with Crippen LogP contribution in [0.2, 0.25) is 0 Å². The molecule has 0 spiro atoms. The van der Waals surface area contributed by atoms with Crippen LogP contribution < -0.4 is 0 Å². The van der Waals surface area contributed by atoms with E-state index in [1.165, 1.54) is 0 Å². The van der Waals surface area contributed by atoms with Gasteiger partial charge in [0.25, 0.3) is 5.91 Å². The van der Waals surface area contributed by atoms with Gasteiger partial charge >= 0.3 is 0 Å². The summed E-state index contributed by atoms with van der Waals surface area (Å²) in [6.07, 6.45) is 17.5. The van der Waals surface area contributed by atoms with Gasteiger partial charge in [-0.15, -0.1) is 16.7 Å². The van der Waals surface area contributed by atoms with Gasteiger partial charge in [-0.3, -0.25) is 4.79 Å². The van der Waals surface area contributed by atoms with Crippen LogP contribution in [0.3, 0.4) is 0 Å². The second kappa shape index (κ2) is 15.5. The van der Waals surface area contributed by atoms with Gasteiger partial charge in [0.15, 0.2) is 0 Å². The molecule has 1 aromatic heterocycles. The number of rotatable bonds is 5. The summed E-state index contributed by atoms with van der Waals surface area (Å²) in [6.45, 7) is 16.9. The maximum Gasteiger partial charge on any atom is 0.254 e. The standard InChI is InChI=1S/C20H24N4O.C4H7Cl.2C2H6/c1-4-5-13(2)24-14(3)19(21-22-24)15-6-7-16-12-23(17-9-10-17)20(25)18(16)11-8-15;1-2-3-4-5;2*1-2/h5-8,11,15,17H,4,9-10,12H2,1-3H3;2-3H,4H2,1H3;2*1-2H3/b13-5+;3-2-;;. The molecule has 1 unspecified atom stereocenters. The van der Waals surface area contributed by atoms with Crippen molar-refractivity contribution in [3.05, 3.63) is 65.1 Å². The molecule has 1 saturated carbocycles. The predicted octanol–water partition coefficient (Wildman–Crippen LogP) is 7.22. The predicted molar refractivity (Wildman–Crippen MR) is 146 cm³/mol. The maximum atomic E-state index is 12.6. The van der Waals surface area contributed by atoms with Gasteiger partial charge in [0.2, 0.25) is 0 Å². The van der Waals surface area contributed by atoms with E-state index >= 15 is 0 Å². The second-order valence-corrected chi connectivity index (χ2v) is 8.10. The van der Waals surface area contributed by atoms with E-state index in [-0.39, 0.29) is 11.8 Å². The molecule has 0 aromatic carbocycles. The minimum atomic E-state index is 0.0518. The fraction of sp³-hybridized carbons (Fsp3) is 0.536. The highest BCUT2D eigenvalue weighted by Gasteiger charge is 2.38. The average Bonchev–Trinajstić information content (AvgIpc) is 3.60. The van der Waals surface area contributed by atoms with Crippen LogP contribution in [0.15, 0.2) is 53.7 Å². The third-order valence-corrected chi connectivity index (χ3v) is 5.72. The van der Waals surface area contributed by atoms with Crippen LogP contribution in [0.25, 0.3) is 5.70 Å². The van der Waals surface area contributed by atoms with Gasteiger partial charge < -0.3 is 4.90 Å². The first-order valence-electron chi connectivity index (χ1n) is 12.7. The summed E-state index contributed by atoms with van der Waals surface area (Å²) in [5.41, 5.74) is 5.07. The Hall–Kier alpha value is -2.40. The van der Waals surface area contributed by atoms with Crippen LogP contribution in [0.1, 0.15) is 85.0 Å². The number of hydrogen-bond acceptors (Lipinski definition) is 3. The van der Waals surface area contributed by atoms with Crippen LogP contribution in [0.4, 0.5) is 0 Å². The Kier molecular flexibility index (Phi) is 13.5. The first-order chi connectivity index (χ1) is 16.5. The number of carbonyl (C=O) groups is 1. The number of halogens is 1. The number of aromatic nitrogens is 3. The normalized spacial score (nSPS) is 19.1. The van der Waals surface area contributed by atoms with E-state index in [2.05, 4.69) is 55.4 Å². The Morgan fingerprint density at radius 3 is 2.35 bits per heavy atom. The Balaban J connectivity index is 0.000000563. The fourth-order valence-corrected chi connectivity index (χ4v) is 3.93. The molecule has 4 rings (SSSR count). The summed E-state index contributed by atoms with van der Waals surface area (Å²) in [6, 6.07) is 0.465. The SMILES string of the molecule is C/C=C\CCl.CC.CC.CC/C=C(\C)n1nnc(C2C=CC3=C(C=C2)C(=O)N(C2CC2)C3)c1C. The van der Waals surface area contributed by atoms with E-state index in [4.69, 9.17) is 11.6 Å². The molecular weight excluding hydrogens is 444 g/mol. The van der Waals surface area contributed by atoms with Crippen LogP contribution in [0.5, 0.6) is 0 Å². The highest BCUT2D eigenvalue weighted by molar-refractivity contribution is 6.18. The number of nitrogens with zero attached hydrogens (tertiary/aromatic N) is 4. The molecule has 34 heavy (non-hydrogen) atoms. The number of alkyl halides is 1. The number of allylic oxidation sites excluding steroid dienone is 6. The Bertz CT molecular complexity index is 932. The molecule has 3 aliphatic rings. The van der Waals surface area contributed by atoms with Crippen molar-refractivity contribution in [3.8, 4) is 0 Å². The van der Waals surface area contributed by atoms with Gasteiger partial charge in [0, 0.05) is 35.7 Å². The summed E-state index contributed by atoms with van der Waals surface area (Å²) < 4.78 is 1.90.